The molecule has 1 saturated heterocycles. The number of piperidine rings is 1. The lowest BCUT2D eigenvalue weighted by Gasteiger charge is -2.59. The first-order valence-electron chi connectivity index (χ1n) is 14.5. The Kier molecular flexibility index (Phi) is 5.90. The van der Waals surface area contributed by atoms with Crippen LogP contribution >= 0.6 is 22.7 Å². The Bertz CT molecular complexity index is 1520. The molecule has 0 amide bonds. The van der Waals surface area contributed by atoms with Crippen LogP contribution in [0.2, 0.25) is 0 Å². The Hall–Kier alpha value is -2.26. The number of aliphatic hydroxyl groups is 1. The van der Waals surface area contributed by atoms with Crippen LogP contribution < -0.4 is 9.47 Å². The molecule has 212 valence electrons. The highest BCUT2D eigenvalue weighted by molar-refractivity contribution is 7.38. The second kappa shape index (κ2) is 8.87. The van der Waals surface area contributed by atoms with Crippen molar-refractivity contribution in [2.45, 2.75) is 95.3 Å². The summed E-state index contributed by atoms with van der Waals surface area (Å²) in [5, 5.41) is 13.7. The van der Waals surface area contributed by atoms with Gasteiger partial charge >= 0.3 is 5.97 Å². The fourth-order valence-corrected chi connectivity index (χ4v) is 10.1. The SMILES string of the molecule is Cc1cc2cc(C(C)(C)C(=O)Oc3ccc(C)c4c3O[C@H]3C(=O)CC[C@@]5(O)[C@@H](C)N(CC6CC6)CC[C@]435)sc2s1. The highest BCUT2D eigenvalue weighted by Gasteiger charge is 2.70. The third-order valence-electron chi connectivity index (χ3n) is 10.2. The van der Waals surface area contributed by atoms with Crippen LogP contribution in [0.4, 0.5) is 0 Å². The standard InChI is InChI=1S/C32H37NO5S2/c1-17-6-9-23(37-29(35)30(4,5)24-15-21-14-18(2)39-28(21)40-24)26-25(17)31-12-13-33(16-20-7-8-20)19(3)32(31,36)11-10-22(34)27(31)38-26/h6,9,14-15,19-20,27,36H,7-8,10-13,16H2,1-5H3/t19-,27+,31+,32-/m1/s1. The van der Waals surface area contributed by atoms with Crippen molar-refractivity contribution in [1.29, 1.82) is 0 Å². The number of hydrogen-bond acceptors (Lipinski definition) is 8. The third kappa shape index (κ3) is 3.65. The first-order chi connectivity index (χ1) is 19.0. The number of rotatable bonds is 5. The van der Waals surface area contributed by atoms with Crippen molar-refractivity contribution in [2.75, 3.05) is 13.1 Å². The van der Waals surface area contributed by atoms with E-state index in [9.17, 15) is 14.7 Å². The maximum absolute atomic E-state index is 13.7. The molecule has 7 rings (SSSR count). The molecule has 1 N–H and O–H groups in total. The average molecular weight is 580 g/mol. The Morgan fingerprint density at radius 2 is 1.98 bits per heavy atom. The van der Waals surface area contributed by atoms with Crippen LogP contribution in [0, 0.1) is 19.8 Å². The molecule has 2 saturated carbocycles. The van der Waals surface area contributed by atoms with Crippen LogP contribution in [0.3, 0.4) is 0 Å². The number of Topliss-reactive ketones (excluding diaryl/α,β-unsaturated/α-hetero) is 1. The molecule has 40 heavy (non-hydrogen) atoms. The molecule has 0 bridgehead atoms. The Labute approximate surface area is 243 Å². The van der Waals surface area contributed by atoms with Gasteiger partial charge in [-0.25, -0.2) is 0 Å². The highest BCUT2D eigenvalue weighted by atomic mass is 32.2. The summed E-state index contributed by atoms with van der Waals surface area (Å²) in [5.41, 5.74) is -1.02. The molecular formula is C32H37NO5S2. The molecule has 4 atom stereocenters. The summed E-state index contributed by atoms with van der Waals surface area (Å²) < 4.78 is 13.8. The van der Waals surface area contributed by atoms with E-state index in [-0.39, 0.29) is 24.2 Å². The number of nitrogens with zero attached hydrogens (tertiary/aromatic N) is 1. The van der Waals surface area contributed by atoms with Gasteiger partial charge < -0.3 is 14.6 Å². The van der Waals surface area contributed by atoms with E-state index in [0.29, 0.717) is 30.3 Å². The molecule has 8 heteroatoms. The van der Waals surface area contributed by atoms with E-state index < -0.39 is 22.5 Å². The molecule has 0 radical (unpaired) electrons. The van der Waals surface area contributed by atoms with Crippen LogP contribution in [0.1, 0.15) is 73.8 Å². The van der Waals surface area contributed by atoms with Crippen molar-refractivity contribution >= 4 is 43.8 Å². The topological polar surface area (TPSA) is 76.1 Å². The number of aryl methyl sites for hydroxylation is 2. The van der Waals surface area contributed by atoms with E-state index >= 15 is 0 Å². The van der Waals surface area contributed by atoms with Gasteiger partial charge in [0.2, 0.25) is 0 Å². The van der Waals surface area contributed by atoms with E-state index in [4.69, 9.17) is 9.47 Å². The third-order valence-corrected chi connectivity index (χ3v) is 12.8. The smallest absolute Gasteiger partial charge is 0.322 e. The summed E-state index contributed by atoms with van der Waals surface area (Å²) >= 11 is 3.37. The molecule has 6 nitrogen and oxygen atoms in total. The minimum Gasteiger partial charge on any atom is -0.477 e. The number of thiophene rings is 2. The maximum atomic E-state index is 13.7. The zero-order chi connectivity index (χ0) is 28.2. The van der Waals surface area contributed by atoms with Crippen molar-refractivity contribution < 1.29 is 24.2 Å². The molecule has 4 heterocycles. The average Bonchev–Trinajstić information content (AvgIpc) is 3.35. The fraction of sp³-hybridized carbons (Fsp3) is 0.562. The quantitative estimate of drug-likeness (QED) is 0.293. The predicted octanol–water partition coefficient (Wildman–Crippen LogP) is 6.06. The van der Waals surface area contributed by atoms with Gasteiger partial charge in [0.05, 0.1) is 20.4 Å². The van der Waals surface area contributed by atoms with Gasteiger partial charge in [-0.1, -0.05) is 6.07 Å². The summed E-state index contributed by atoms with van der Waals surface area (Å²) in [4.78, 5) is 31.8. The number of fused-ring (bicyclic) bond motifs is 2. The number of esters is 1. The molecule has 3 fully saturated rings. The van der Waals surface area contributed by atoms with E-state index in [1.165, 1.54) is 21.7 Å². The number of carbonyl (C=O) groups is 2. The van der Waals surface area contributed by atoms with Gasteiger partial charge in [-0.15, -0.1) is 22.7 Å². The molecule has 4 aliphatic rings. The van der Waals surface area contributed by atoms with E-state index in [1.54, 1.807) is 28.7 Å². The van der Waals surface area contributed by atoms with Gasteiger partial charge in [0.1, 0.15) is 0 Å². The van der Waals surface area contributed by atoms with Crippen molar-refractivity contribution in [3.05, 3.63) is 45.1 Å². The fourth-order valence-electron chi connectivity index (χ4n) is 7.57. The van der Waals surface area contributed by atoms with Crippen molar-refractivity contribution in [3.8, 4) is 11.5 Å². The largest absolute Gasteiger partial charge is 0.477 e. The Morgan fingerprint density at radius 1 is 1.20 bits per heavy atom. The summed E-state index contributed by atoms with van der Waals surface area (Å²) in [5.74, 6) is 1.16. The minimum atomic E-state index is -1.11. The van der Waals surface area contributed by atoms with Crippen LogP contribution in [0.15, 0.2) is 24.3 Å². The Balaban J connectivity index is 1.26. The molecule has 2 aliphatic carbocycles. The molecule has 0 unspecified atom stereocenters. The second-order valence-corrected chi connectivity index (χ2v) is 15.6. The first kappa shape index (κ1) is 26.6. The summed E-state index contributed by atoms with van der Waals surface area (Å²) in [6, 6.07) is 7.86. The lowest BCUT2D eigenvalue weighted by Crippen LogP contribution is -2.74. The van der Waals surface area contributed by atoms with Gasteiger partial charge in [0, 0.05) is 39.7 Å². The number of ether oxygens (including phenoxy) is 2. The van der Waals surface area contributed by atoms with Gasteiger partial charge in [0.15, 0.2) is 23.4 Å². The molecule has 1 spiro atoms. The molecular weight excluding hydrogens is 542 g/mol. The number of carbonyl (C=O) groups excluding carboxylic acids is 2. The monoisotopic (exact) mass is 579 g/mol. The first-order valence-corrected chi connectivity index (χ1v) is 16.1. The van der Waals surface area contributed by atoms with Gasteiger partial charge in [0.25, 0.3) is 0 Å². The number of benzene rings is 1. The van der Waals surface area contributed by atoms with E-state index in [1.807, 2.05) is 26.8 Å². The van der Waals surface area contributed by atoms with E-state index in [0.717, 1.165) is 34.5 Å². The van der Waals surface area contributed by atoms with Gasteiger partial charge in [-0.3, -0.25) is 14.5 Å². The van der Waals surface area contributed by atoms with Crippen LogP contribution in [-0.2, 0) is 20.4 Å². The molecule has 2 aliphatic heterocycles. The predicted molar refractivity (Wildman–Crippen MR) is 158 cm³/mol. The zero-order valence-electron chi connectivity index (χ0n) is 23.8. The molecule has 2 aromatic heterocycles. The minimum absolute atomic E-state index is 0.0228. The van der Waals surface area contributed by atoms with E-state index in [2.05, 4.69) is 30.9 Å². The molecule has 3 aromatic rings. The maximum Gasteiger partial charge on any atom is 0.322 e. The van der Waals surface area contributed by atoms with Crippen molar-refractivity contribution in [3.63, 3.8) is 0 Å². The highest BCUT2D eigenvalue weighted by Crippen LogP contribution is 2.62. The number of likely N-dealkylation sites (tertiary alicyclic amines) is 1. The van der Waals surface area contributed by atoms with Gasteiger partial charge in [-0.2, -0.15) is 0 Å². The normalized spacial score (nSPS) is 30.1. The summed E-state index contributed by atoms with van der Waals surface area (Å²) in [7, 11) is 0. The van der Waals surface area contributed by atoms with Crippen LogP contribution in [-0.4, -0.2) is 52.6 Å². The summed E-state index contributed by atoms with van der Waals surface area (Å²) in [6.45, 7) is 11.8. The number of hydrogen-bond donors (Lipinski definition) is 1. The lowest BCUT2D eigenvalue weighted by molar-refractivity contribution is -0.181. The van der Waals surface area contributed by atoms with Crippen molar-refractivity contribution in [1.82, 2.24) is 4.90 Å². The molecule has 1 aromatic carbocycles. The zero-order valence-corrected chi connectivity index (χ0v) is 25.5. The number of ketones is 1. The van der Waals surface area contributed by atoms with Gasteiger partial charge in [-0.05, 0) is 96.5 Å². The second-order valence-electron chi connectivity index (χ2n) is 13.0. The lowest BCUT2D eigenvalue weighted by atomic mass is 9.52. The summed E-state index contributed by atoms with van der Waals surface area (Å²) in [6.07, 6.45) is 3.08. The van der Waals surface area contributed by atoms with Crippen molar-refractivity contribution in [2.24, 2.45) is 5.92 Å². The van der Waals surface area contributed by atoms with Crippen LogP contribution in [0.25, 0.3) is 9.40 Å². The van der Waals surface area contributed by atoms with Crippen LogP contribution in [0.5, 0.6) is 11.5 Å². The Morgan fingerprint density at radius 3 is 2.70 bits per heavy atom.